The molecular formula is C16H16F4N2O5. The van der Waals surface area contributed by atoms with Crippen molar-refractivity contribution >= 4 is 22.9 Å². The lowest BCUT2D eigenvalue weighted by molar-refractivity contribution is -0.148. The highest BCUT2D eigenvalue weighted by molar-refractivity contribution is 5.99. The van der Waals surface area contributed by atoms with Crippen molar-refractivity contribution in [3.63, 3.8) is 0 Å². The maximum atomic E-state index is 13.3. The summed E-state index contributed by atoms with van der Waals surface area (Å²) in [5.74, 6) is 0.358. The minimum absolute atomic E-state index is 0.122. The largest absolute Gasteiger partial charge is 0.490 e. The molecule has 1 aromatic carbocycles. The highest BCUT2D eigenvalue weighted by Crippen LogP contribution is 2.32. The van der Waals surface area contributed by atoms with E-state index in [-0.39, 0.29) is 30.3 Å². The van der Waals surface area contributed by atoms with Crippen LogP contribution in [-0.4, -0.2) is 56.6 Å². The number of methoxy groups -OCH3 is 1. The molecule has 1 fully saturated rings. The van der Waals surface area contributed by atoms with Crippen molar-refractivity contribution < 1.29 is 41.1 Å². The molecule has 2 heterocycles. The molecule has 2 aromatic rings. The van der Waals surface area contributed by atoms with Crippen LogP contribution < -0.4 is 9.64 Å². The van der Waals surface area contributed by atoms with E-state index in [1.165, 1.54) is 30.2 Å². The number of hydrogen-bond acceptors (Lipinski definition) is 6. The third-order valence-corrected chi connectivity index (χ3v) is 3.79. The van der Waals surface area contributed by atoms with Crippen LogP contribution in [0.3, 0.4) is 0 Å². The summed E-state index contributed by atoms with van der Waals surface area (Å²) in [6, 6.07) is 4.31. The Morgan fingerprint density at radius 3 is 2.89 bits per heavy atom. The fourth-order valence-electron chi connectivity index (χ4n) is 2.65. The normalized spacial score (nSPS) is 18.8. The predicted octanol–water partition coefficient (Wildman–Crippen LogP) is 3.47. The fraction of sp³-hybridized carbons (Fsp3) is 0.500. The van der Waals surface area contributed by atoms with Gasteiger partial charge < -0.3 is 18.7 Å². The summed E-state index contributed by atoms with van der Waals surface area (Å²) in [4.78, 5) is 13.3. The molecule has 0 spiro atoms. The van der Waals surface area contributed by atoms with Crippen molar-refractivity contribution in [1.29, 1.82) is 0 Å². The average Bonchev–Trinajstić information content (AvgIpc) is 3.14. The molecule has 2 atom stereocenters. The summed E-state index contributed by atoms with van der Waals surface area (Å²) in [7, 11) is 1.49. The number of benzene rings is 1. The van der Waals surface area contributed by atoms with E-state index in [4.69, 9.17) is 18.7 Å². The van der Waals surface area contributed by atoms with Crippen molar-refractivity contribution in [2.75, 3.05) is 31.8 Å². The van der Waals surface area contributed by atoms with Gasteiger partial charge in [-0.05, 0) is 12.1 Å². The fourth-order valence-corrected chi connectivity index (χ4v) is 2.65. The highest BCUT2D eigenvalue weighted by Gasteiger charge is 2.35. The summed E-state index contributed by atoms with van der Waals surface area (Å²) in [6.07, 6.45) is -9.39. The molecule has 7 nitrogen and oxygen atoms in total. The van der Waals surface area contributed by atoms with Crippen LogP contribution >= 0.6 is 0 Å². The van der Waals surface area contributed by atoms with Crippen molar-refractivity contribution in [3.8, 4) is 5.75 Å². The molecule has 3 rings (SSSR count). The molecule has 0 aliphatic carbocycles. The van der Waals surface area contributed by atoms with Crippen LogP contribution in [0.25, 0.3) is 11.0 Å². The third kappa shape index (κ3) is 4.59. The van der Waals surface area contributed by atoms with Gasteiger partial charge in [0.05, 0.1) is 25.0 Å². The van der Waals surface area contributed by atoms with Crippen LogP contribution in [0.4, 0.5) is 28.2 Å². The number of amides is 1. The Balaban J connectivity index is 1.69. The maximum absolute atomic E-state index is 13.3. The van der Waals surface area contributed by atoms with E-state index in [1.807, 2.05) is 0 Å². The molecule has 1 aromatic heterocycles. The highest BCUT2D eigenvalue weighted by atomic mass is 19.4. The van der Waals surface area contributed by atoms with E-state index in [1.54, 1.807) is 0 Å². The first-order valence-corrected chi connectivity index (χ1v) is 7.97. The number of carbonyl (C=O) groups excluding carboxylic acids is 1. The molecule has 0 bridgehead atoms. The van der Waals surface area contributed by atoms with Crippen molar-refractivity contribution in [3.05, 3.63) is 18.2 Å². The van der Waals surface area contributed by atoms with Crippen LogP contribution in [0.2, 0.25) is 0 Å². The summed E-state index contributed by atoms with van der Waals surface area (Å²) in [5.41, 5.74) is 0.233. The third-order valence-electron chi connectivity index (χ3n) is 3.79. The lowest BCUT2D eigenvalue weighted by Crippen LogP contribution is -2.26. The first kappa shape index (κ1) is 19.2. The van der Waals surface area contributed by atoms with Gasteiger partial charge >= 0.3 is 12.3 Å². The molecule has 0 radical (unpaired) electrons. The molecule has 1 saturated heterocycles. The number of carbonyl (C=O) groups is 1. The quantitative estimate of drug-likeness (QED) is 0.672. The number of halogens is 4. The second kappa shape index (κ2) is 7.59. The monoisotopic (exact) mass is 392 g/mol. The number of hydrogen-bond donors (Lipinski definition) is 0. The van der Waals surface area contributed by atoms with Crippen LogP contribution in [0, 0.1) is 0 Å². The zero-order valence-electron chi connectivity index (χ0n) is 14.2. The molecule has 27 heavy (non-hydrogen) atoms. The van der Waals surface area contributed by atoms with Crippen LogP contribution in [0.1, 0.15) is 6.42 Å². The SMILES string of the molecule is COCC1CN(c2noc3cc(OC[C@@H](F)CC(F)(F)F)ccc23)C(=O)O1. The average molecular weight is 392 g/mol. The van der Waals surface area contributed by atoms with Gasteiger partial charge in [-0.3, -0.25) is 4.90 Å². The molecule has 11 heteroatoms. The summed E-state index contributed by atoms with van der Waals surface area (Å²) >= 11 is 0. The Morgan fingerprint density at radius 1 is 1.41 bits per heavy atom. The van der Waals surface area contributed by atoms with Crippen LogP contribution in [0.5, 0.6) is 5.75 Å². The number of cyclic esters (lactones) is 1. The van der Waals surface area contributed by atoms with Crippen molar-refractivity contribution in [2.24, 2.45) is 0 Å². The first-order chi connectivity index (χ1) is 12.8. The van der Waals surface area contributed by atoms with Gasteiger partial charge in [0, 0.05) is 13.2 Å². The van der Waals surface area contributed by atoms with Gasteiger partial charge in [-0.1, -0.05) is 5.16 Å². The summed E-state index contributed by atoms with van der Waals surface area (Å²) in [6.45, 7) is -0.283. The summed E-state index contributed by atoms with van der Waals surface area (Å²) < 4.78 is 70.0. The number of fused-ring (bicyclic) bond motifs is 1. The Labute approximate surface area is 150 Å². The van der Waals surface area contributed by atoms with Gasteiger partial charge in [0.25, 0.3) is 0 Å². The number of aromatic nitrogens is 1. The maximum Gasteiger partial charge on any atom is 0.416 e. The first-order valence-electron chi connectivity index (χ1n) is 7.97. The Hall–Kier alpha value is -2.56. The molecule has 1 unspecified atom stereocenters. The van der Waals surface area contributed by atoms with E-state index in [9.17, 15) is 22.4 Å². The standard InChI is InChI=1S/C16H16F4N2O5/c1-24-8-11-6-22(15(23)26-11)14-12-3-2-10(4-13(12)27-21-14)25-7-9(17)5-16(18,19)20/h2-4,9,11H,5-8H2,1H3/t9-,11?/m0/s1. The molecule has 1 aliphatic rings. The number of nitrogens with zero attached hydrogens (tertiary/aromatic N) is 2. The van der Waals surface area contributed by atoms with Gasteiger partial charge in [-0.2, -0.15) is 13.2 Å². The number of rotatable bonds is 7. The van der Waals surface area contributed by atoms with Crippen LogP contribution in [0.15, 0.2) is 22.7 Å². The molecule has 1 amide bonds. The van der Waals surface area contributed by atoms with Crippen molar-refractivity contribution in [2.45, 2.75) is 24.9 Å². The van der Waals surface area contributed by atoms with Gasteiger partial charge in [-0.25, -0.2) is 9.18 Å². The Bertz CT molecular complexity index is 810. The van der Waals surface area contributed by atoms with E-state index in [0.717, 1.165) is 0 Å². The second-order valence-corrected chi connectivity index (χ2v) is 5.96. The number of alkyl halides is 4. The predicted molar refractivity (Wildman–Crippen MR) is 84.6 cm³/mol. The number of ether oxygens (including phenoxy) is 3. The van der Waals surface area contributed by atoms with Gasteiger partial charge in [0.2, 0.25) is 0 Å². The smallest absolute Gasteiger partial charge is 0.416 e. The minimum Gasteiger partial charge on any atom is -0.490 e. The molecule has 0 N–H and O–H groups in total. The minimum atomic E-state index is -4.60. The molecular weight excluding hydrogens is 376 g/mol. The molecule has 0 saturated carbocycles. The Kier molecular flexibility index (Phi) is 5.40. The Morgan fingerprint density at radius 2 is 2.19 bits per heavy atom. The van der Waals surface area contributed by atoms with Crippen LogP contribution in [-0.2, 0) is 9.47 Å². The zero-order valence-corrected chi connectivity index (χ0v) is 14.2. The second-order valence-electron chi connectivity index (χ2n) is 5.96. The van der Waals surface area contributed by atoms with Crippen molar-refractivity contribution in [1.82, 2.24) is 5.16 Å². The van der Waals surface area contributed by atoms with E-state index < -0.39 is 37.6 Å². The summed E-state index contributed by atoms with van der Waals surface area (Å²) in [5, 5.41) is 4.31. The van der Waals surface area contributed by atoms with E-state index in [2.05, 4.69) is 5.16 Å². The molecule has 148 valence electrons. The van der Waals surface area contributed by atoms with Gasteiger partial charge in [0.1, 0.15) is 24.6 Å². The van der Waals surface area contributed by atoms with E-state index >= 15 is 0 Å². The molecule has 1 aliphatic heterocycles. The van der Waals surface area contributed by atoms with Gasteiger partial charge in [-0.15, -0.1) is 0 Å². The lowest BCUT2D eigenvalue weighted by Gasteiger charge is -2.12. The lowest BCUT2D eigenvalue weighted by atomic mass is 10.2. The zero-order chi connectivity index (χ0) is 19.6. The van der Waals surface area contributed by atoms with E-state index in [0.29, 0.717) is 5.39 Å². The number of anilines is 1. The topological polar surface area (TPSA) is 74.0 Å². The van der Waals surface area contributed by atoms with Gasteiger partial charge in [0.15, 0.2) is 11.4 Å².